The molecule has 1 aliphatic rings. The summed E-state index contributed by atoms with van der Waals surface area (Å²) >= 11 is 0. The Morgan fingerprint density at radius 2 is 1.78 bits per heavy atom. The van der Waals surface area contributed by atoms with E-state index < -0.39 is 18.0 Å². The lowest BCUT2D eigenvalue weighted by molar-refractivity contribution is -0.139. The number of hydrogen-bond acceptors (Lipinski definition) is 6. The Morgan fingerprint density at radius 3 is 2.44 bits per heavy atom. The lowest BCUT2D eigenvalue weighted by Crippen LogP contribution is -2.53. The summed E-state index contributed by atoms with van der Waals surface area (Å²) in [6, 6.07) is 7.44. The fraction of sp³-hybridized carbons (Fsp3) is 0.417. The standard InChI is InChI=1S/C24H31N3O5/c1-14-9-18(28)10-15(2)19(14)12-20(25)24(30)27(16(3)23(26)29)8-4-5-17-6-7-21-22(11-17)32-13-31-21/h6-7,9-11,16,20,28H,4-5,8,12-13,25H2,1-3H3,(H2,26,29)/t16-,20+/m1/s1. The molecule has 0 aromatic heterocycles. The van der Waals surface area contributed by atoms with Crippen LogP contribution in [0.25, 0.3) is 0 Å². The van der Waals surface area contributed by atoms with Gasteiger partial charge in [-0.15, -0.1) is 0 Å². The van der Waals surface area contributed by atoms with Gasteiger partial charge >= 0.3 is 0 Å². The molecule has 0 bridgehead atoms. The number of benzene rings is 2. The van der Waals surface area contributed by atoms with Crippen LogP contribution in [0.1, 0.15) is 35.6 Å². The number of carbonyl (C=O) groups excluding carboxylic acids is 2. The minimum absolute atomic E-state index is 0.177. The second kappa shape index (κ2) is 9.91. The van der Waals surface area contributed by atoms with E-state index in [1.165, 1.54) is 4.90 Å². The Hall–Kier alpha value is -3.26. The van der Waals surface area contributed by atoms with Crippen LogP contribution in [0, 0.1) is 13.8 Å². The third kappa shape index (κ3) is 5.31. The van der Waals surface area contributed by atoms with Crippen molar-refractivity contribution >= 4 is 11.8 Å². The number of rotatable bonds is 9. The Labute approximate surface area is 188 Å². The zero-order valence-corrected chi connectivity index (χ0v) is 18.8. The van der Waals surface area contributed by atoms with Gasteiger partial charge in [0, 0.05) is 6.54 Å². The van der Waals surface area contributed by atoms with E-state index in [1.54, 1.807) is 19.1 Å². The number of phenolic OH excluding ortho intramolecular Hbond substituents is 1. The number of primary amides is 1. The molecule has 1 heterocycles. The van der Waals surface area contributed by atoms with Gasteiger partial charge in [0.2, 0.25) is 18.6 Å². The normalized spacial score (nSPS) is 14.1. The zero-order chi connectivity index (χ0) is 23.4. The topological polar surface area (TPSA) is 128 Å². The summed E-state index contributed by atoms with van der Waals surface area (Å²) < 4.78 is 10.7. The average molecular weight is 442 g/mol. The molecule has 8 nitrogen and oxygen atoms in total. The molecule has 5 N–H and O–H groups in total. The van der Waals surface area contributed by atoms with Crippen LogP contribution < -0.4 is 20.9 Å². The van der Waals surface area contributed by atoms with E-state index in [9.17, 15) is 14.7 Å². The minimum Gasteiger partial charge on any atom is -0.508 e. The number of nitrogens with zero attached hydrogens (tertiary/aromatic N) is 1. The predicted molar refractivity (Wildman–Crippen MR) is 121 cm³/mol. The summed E-state index contributed by atoms with van der Waals surface area (Å²) in [5, 5.41) is 9.75. The van der Waals surface area contributed by atoms with Gasteiger partial charge in [0.1, 0.15) is 11.8 Å². The average Bonchev–Trinajstić information content (AvgIpc) is 3.20. The van der Waals surface area contributed by atoms with Crippen molar-refractivity contribution in [3.8, 4) is 17.2 Å². The molecule has 0 saturated heterocycles. The second-order valence-electron chi connectivity index (χ2n) is 8.27. The minimum atomic E-state index is -0.829. The highest BCUT2D eigenvalue weighted by Crippen LogP contribution is 2.32. The Morgan fingerprint density at radius 1 is 1.12 bits per heavy atom. The van der Waals surface area contributed by atoms with E-state index in [4.69, 9.17) is 20.9 Å². The van der Waals surface area contributed by atoms with Crippen molar-refractivity contribution in [1.82, 2.24) is 4.90 Å². The zero-order valence-electron chi connectivity index (χ0n) is 18.8. The number of fused-ring (bicyclic) bond motifs is 1. The first-order chi connectivity index (χ1) is 15.2. The quantitative estimate of drug-likeness (QED) is 0.546. The van der Waals surface area contributed by atoms with E-state index in [2.05, 4.69) is 0 Å². The van der Waals surface area contributed by atoms with Crippen molar-refractivity contribution in [2.45, 2.75) is 52.1 Å². The highest BCUT2D eigenvalue weighted by atomic mass is 16.7. The van der Waals surface area contributed by atoms with Gasteiger partial charge in [-0.05, 0) is 86.6 Å². The molecule has 0 aliphatic carbocycles. The number of amides is 2. The molecule has 1 aliphatic heterocycles. The van der Waals surface area contributed by atoms with E-state index in [0.29, 0.717) is 31.6 Å². The molecule has 0 unspecified atom stereocenters. The maximum atomic E-state index is 13.2. The monoisotopic (exact) mass is 441 g/mol. The third-order valence-corrected chi connectivity index (χ3v) is 5.89. The number of nitrogens with two attached hydrogens (primary N) is 2. The maximum Gasteiger partial charge on any atom is 0.240 e. The largest absolute Gasteiger partial charge is 0.508 e. The molecule has 3 rings (SSSR count). The fourth-order valence-corrected chi connectivity index (χ4v) is 4.01. The number of hydrogen-bond donors (Lipinski definition) is 3. The summed E-state index contributed by atoms with van der Waals surface area (Å²) in [5.41, 5.74) is 15.5. The van der Waals surface area contributed by atoms with Crippen molar-refractivity contribution in [3.63, 3.8) is 0 Å². The van der Waals surface area contributed by atoms with Crippen LogP contribution >= 0.6 is 0 Å². The van der Waals surface area contributed by atoms with Gasteiger partial charge in [-0.3, -0.25) is 9.59 Å². The molecule has 8 heteroatoms. The number of ether oxygens (including phenoxy) is 2. The van der Waals surface area contributed by atoms with Gasteiger partial charge in [0.15, 0.2) is 11.5 Å². The molecular formula is C24H31N3O5. The van der Waals surface area contributed by atoms with E-state index in [1.807, 2.05) is 32.0 Å². The summed E-state index contributed by atoms with van der Waals surface area (Å²) in [6.45, 7) is 5.92. The molecule has 0 radical (unpaired) electrons. The van der Waals surface area contributed by atoms with Gasteiger partial charge in [-0.2, -0.15) is 0 Å². The SMILES string of the molecule is Cc1cc(O)cc(C)c1C[C@H](N)C(=O)N(CCCc1ccc2c(c1)OCO2)[C@H](C)C(N)=O. The molecule has 2 amide bonds. The van der Waals surface area contributed by atoms with Crippen LogP contribution in [0.2, 0.25) is 0 Å². The molecule has 172 valence electrons. The smallest absolute Gasteiger partial charge is 0.240 e. The summed E-state index contributed by atoms with van der Waals surface area (Å²) in [6.07, 6.45) is 1.63. The number of phenols is 1. The van der Waals surface area contributed by atoms with Crippen LogP contribution in [-0.4, -0.2) is 47.2 Å². The molecular weight excluding hydrogens is 410 g/mol. The highest BCUT2D eigenvalue weighted by molar-refractivity contribution is 5.89. The maximum absolute atomic E-state index is 13.2. The molecule has 32 heavy (non-hydrogen) atoms. The van der Waals surface area contributed by atoms with Crippen molar-refractivity contribution < 1.29 is 24.2 Å². The molecule has 0 saturated carbocycles. The van der Waals surface area contributed by atoms with Gasteiger partial charge in [-0.1, -0.05) is 6.07 Å². The molecule has 2 atom stereocenters. The number of aromatic hydroxyl groups is 1. The summed E-state index contributed by atoms with van der Waals surface area (Å²) in [5.74, 6) is 0.705. The van der Waals surface area contributed by atoms with Gasteiger partial charge in [0.05, 0.1) is 6.04 Å². The highest BCUT2D eigenvalue weighted by Gasteiger charge is 2.28. The molecule has 0 fully saturated rings. The van der Waals surface area contributed by atoms with Gasteiger partial charge < -0.3 is 30.9 Å². The number of carbonyl (C=O) groups is 2. The Kier molecular flexibility index (Phi) is 7.25. The summed E-state index contributed by atoms with van der Waals surface area (Å²) in [7, 11) is 0. The molecule has 2 aromatic rings. The van der Waals surface area contributed by atoms with Crippen molar-refractivity contribution in [3.05, 3.63) is 52.6 Å². The van der Waals surface area contributed by atoms with E-state index >= 15 is 0 Å². The van der Waals surface area contributed by atoms with E-state index in [0.717, 1.165) is 28.0 Å². The lowest BCUT2D eigenvalue weighted by Gasteiger charge is -2.30. The van der Waals surface area contributed by atoms with Crippen LogP contribution in [0.5, 0.6) is 17.2 Å². The van der Waals surface area contributed by atoms with E-state index in [-0.39, 0.29) is 18.4 Å². The summed E-state index contributed by atoms with van der Waals surface area (Å²) in [4.78, 5) is 26.5. The van der Waals surface area contributed by atoms with Crippen LogP contribution in [0.3, 0.4) is 0 Å². The Bertz CT molecular complexity index is 984. The van der Waals surface area contributed by atoms with Crippen LogP contribution in [0.15, 0.2) is 30.3 Å². The fourth-order valence-electron chi connectivity index (χ4n) is 4.01. The first-order valence-electron chi connectivity index (χ1n) is 10.7. The van der Waals surface area contributed by atoms with Crippen LogP contribution in [-0.2, 0) is 22.4 Å². The number of aryl methyl sites for hydroxylation is 3. The first kappa shape index (κ1) is 23.4. The van der Waals surface area contributed by atoms with Gasteiger partial charge in [0.25, 0.3) is 0 Å². The molecule has 0 spiro atoms. The van der Waals surface area contributed by atoms with Crippen molar-refractivity contribution in [2.24, 2.45) is 11.5 Å². The Balaban J connectivity index is 1.67. The molecule has 2 aromatic carbocycles. The van der Waals surface area contributed by atoms with Crippen molar-refractivity contribution in [1.29, 1.82) is 0 Å². The third-order valence-electron chi connectivity index (χ3n) is 5.89. The van der Waals surface area contributed by atoms with Crippen LogP contribution in [0.4, 0.5) is 0 Å². The first-order valence-corrected chi connectivity index (χ1v) is 10.7. The van der Waals surface area contributed by atoms with Crippen molar-refractivity contribution in [2.75, 3.05) is 13.3 Å². The lowest BCUT2D eigenvalue weighted by atomic mass is 9.95. The second-order valence-corrected chi connectivity index (χ2v) is 8.27. The van der Waals surface area contributed by atoms with Gasteiger partial charge in [-0.25, -0.2) is 0 Å². The predicted octanol–water partition coefficient (Wildman–Crippen LogP) is 1.94.